The van der Waals surface area contributed by atoms with Gasteiger partial charge in [0.2, 0.25) is 0 Å². The van der Waals surface area contributed by atoms with Crippen molar-refractivity contribution in [1.82, 2.24) is 5.32 Å². The SMILES string of the molecule is CSC1CCCC1NC(C)c1ccc2c(c1)OCCCO2. The van der Waals surface area contributed by atoms with E-state index >= 15 is 0 Å². The zero-order chi connectivity index (χ0) is 14.7. The van der Waals surface area contributed by atoms with Gasteiger partial charge in [0, 0.05) is 23.8 Å². The number of benzene rings is 1. The van der Waals surface area contributed by atoms with Crippen LogP contribution in [-0.2, 0) is 0 Å². The first-order valence-electron chi connectivity index (χ1n) is 7.96. The third-order valence-electron chi connectivity index (χ3n) is 4.49. The second kappa shape index (κ2) is 6.93. The third-order valence-corrected chi connectivity index (χ3v) is 5.66. The summed E-state index contributed by atoms with van der Waals surface area (Å²) in [5.74, 6) is 1.78. The molecule has 1 saturated carbocycles. The molecule has 0 saturated heterocycles. The van der Waals surface area contributed by atoms with E-state index in [1.807, 2.05) is 11.8 Å². The van der Waals surface area contributed by atoms with Crippen LogP contribution < -0.4 is 14.8 Å². The van der Waals surface area contributed by atoms with Crippen LogP contribution in [0.3, 0.4) is 0 Å². The molecule has 1 N–H and O–H groups in total. The van der Waals surface area contributed by atoms with Gasteiger partial charge in [0.05, 0.1) is 13.2 Å². The molecule has 2 aliphatic rings. The van der Waals surface area contributed by atoms with Gasteiger partial charge in [0.1, 0.15) is 0 Å². The Labute approximate surface area is 131 Å². The summed E-state index contributed by atoms with van der Waals surface area (Å²) < 4.78 is 11.5. The summed E-state index contributed by atoms with van der Waals surface area (Å²) in [5, 5.41) is 4.56. The normalized spacial score (nSPS) is 26.4. The van der Waals surface area contributed by atoms with Gasteiger partial charge in [-0.2, -0.15) is 11.8 Å². The van der Waals surface area contributed by atoms with Gasteiger partial charge >= 0.3 is 0 Å². The Morgan fingerprint density at radius 1 is 1.14 bits per heavy atom. The molecule has 0 radical (unpaired) electrons. The largest absolute Gasteiger partial charge is 0.490 e. The van der Waals surface area contributed by atoms with Crippen LogP contribution >= 0.6 is 11.8 Å². The number of thioether (sulfide) groups is 1. The predicted molar refractivity (Wildman–Crippen MR) is 88.5 cm³/mol. The average Bonchev–Trinajstić information content (AvgIpc) is 2.81. The fourth-order valence-corrected chi connectivity index (χ4v) is 4.21. The summed E-state index contributed by atoms with van der Waals surface area (Å²) in [6.45, 7) is 3.74. The highest BCUT2D eigenvalue weighted by Gasteiger charge is 2.27. The molecule has 1 aliphatic heterocycles. The Balaban J connectivity index is 1.69. The third kappa shape index (κ3) is 3.49. The Hall–Kier alpha value is -0.870. The van der Waals surface area contributed by atoms with Gasteiger partial charge in [-0.05, 0) is 43.7 Å². The molecular weight excluding hydrogens is 282 g/mol. The number of ether oxygens (including phenoxy) is 2. The van der Waals surface area contributed by atoms with Gasteiger partial charge in [0.15, 0.2) is 11.5 Å². The van der Waals surface area contributed by atoms with Crippen LogP contribution in [0.4, 0.5) is 0 Å². The van der Waals surface area contributed by atoms with Crippen molar-refractivity contribution in [3.63, 3.8) is 0 Å². The molecule has 3 nitrogen and oxygen atoms in total. The van der Waals surface area contributed by atoms with E-state index < -0.39 is 0 Å². The summed E-state index contributed by atoms with van der Waals surface area (Å²) in [6.07, 6.45) is 7.16. The molecule has 0 bridgehead atoms. The predicted octanol–water partition coefficient (Wildman–Crippen LogP) is 3.78. The zero-order valence-electron chi connectivity index (χ0n) is 12.9. The minimum atomic E-state index is 0.347. The lowest BCUT2D eigenvalue weighted by molar-refractivity contribution is 0.297. The fourth-order valence-electron chi connectivity index (χ4n) is 3.27. The van der Waals surface area contributed by atoms with Crippen LogP contribution in [0.5, 0.6) is 11.5 Å². The van der Waals surface area contributed by atoms with E-state index in [1.165, 1.54) is 24.8 Å². The maximum atomic E-state index is 5.79. The van der Waals surface area contributed by atoms with Gasteiger partial charge in [-0.25, -0.2) is 0 Å². The topological polar surface area (TPSA) is 30.5 Å². The van der Waals surface area contributed by atoms with Crippen molar-refractivity contribution in [1.29, 1.82) is 0 Å². The summed E-state index contributed by atoms with van der Waals surface area (Å²) in [6, 6.07) is 7.33. The van der Waals surface area contributed by atoms with Gasteiger partial charge < -0.3 is 14.8 Å². The zero-order valence-corrected chi connectivity index (χ0v) is 13.7. The lowest BCUT2D eigenvalue weighted by Gasteiger charge is -2.24. The Morgan fingerprint density at radius 2 is 1.95 bits per heavy atom. The first-order chi connectivity index (χ1) is 10.3. The molecular formula is C17H25NO2S. The molecule has 1 aliphatic carbocycles. The summed E-state index contributed by atoms with van der Waals surface area (Å²) in [4.78, 5) is 0. The van der Waals surface area contributed by atoms with Crippen LogP contribution in [0, 0.1) is 0 Å². The van der Waals surface area contributed by atoms with E-state index in [0.29, 0.717) is 12.1 Å². The number of hydrogen-bond acceptors (Lipinski definition) is 4. The van der Waals surface area contributed by atoms with Crippen molar-refractivity contribution in [2.45, 2.75) is 49.9 Å². The van der Waals surface area contributed by atoms with Crippen molar-refractivity contribution >= 4 is 11.8 Å². The maximum Gasteiger partial charge on any atom is 0.161 e. The van der Waals surface area contributed by atoms with E-state index in [1.54, 1.807) is 0 Å². The van der Waals surface area contributed by atoms with Crippen LogP contribution in [0.2, 0.25) is 0 Å². The quantitative estimate of drug-likeness (QED) is 0.917. The number of fused-ring (bicyclic) bond motifs is 1. The smallest absolute Gasteiger partial charge is 0.161 e. The highest BCUT2D eigenvalue weighted by molar-refractivity contribution is 7.99. The molecule has 21 heavy (non-hydrogen) atoms. The second-order valence-electron chi connectivity index (χ2n) is 5.96. The molecule has 3 unspecified atom stereocenters. The van der Waals surface area contributed by atoms with Gasteiger partial charge in [-0.3, -0.25) is 0 Å². The Kier molecular flexibility index (Phi) is 4.96. The van der Waals surface area contributed by atoms with Crippen molar-refractivity contribution in [2.75, 3.05) is 19.5 Å². The lowest BCUT2D eigenvalue weighted by atomic mass is 10.1. The van der Waals surface area contributed by atoms with E-state index in [4.69, 9.17) is 9.47 Å². The van der Waals surface area contributed by atoms with Crippen molar-refractivity contribution in [3.8, 4) is 11.5 Å². The molecule has 3 rings (SSSR count). The molecule has 4 heteroatoms. The van der Waals surface area contributed by atoms with Crippen LogP contribution in [0.1, 0.15) is 44.2 Å². The Bertz CT molecular complexity index is 480. The van der Waals surface area contributed by atoms with E-state index in [9.17, 15) is 0 Å². The summed E-state index contributed by atoms with van der Waals surface area (Å²) in [7, 11) is 0. The van der Waals surface area contributed by atoms with Crippen LogP contribution in [0.25, 0.3) is 0 Å². The first kappa shape index (κ1) is 15.0. The monoisotopic (exact) mass is 307 g/mol. The lowest BCUT2D eigenvalue weighted by Crippen LogP contribution is -2.35. The molecule has 0 amide bonds. The van der Waals surface area contributed by atoms with Gasteiger partial charge in [-0.1, -0.05) is 12.5 Å². The molecule has 1 aromatic rings. The van der Waals surface area contributed by atoms with E-state index in [2.05, 4.69) is 36.7 Å². The van der Waals surface area contributed by atoms with Crippen molar-refractivity contribution in [3.05, 3.63) is 23.8 Å². The van der Waals surface area contributed by atoms with E-state index in [-0.39, 0.29) is 0 Å². The maximum absolute atomic E-state index is 5.79. The summed E-state index contributed by atoms with van der Waals surface area (Å²) in [5.41, 5.74) is 1.28. The molecule has 1 heterocycles. The van der Waals surface area contributed by atoms with Crippen LogP contribution in [0.15, 0.2) is 18.2 Å². The van der Waals surface area contributed by atoms with Gasteiger partial charge in [0.25, 0.3) is 0 Å². The van der Waals surface area contributed by atoms with Gasteiger partial charge in [-0.15, -0.1) is 0 Å². The molecule has 116 valence electrons. The minimum absolute atomic E-state index is 0.347. The molecule has 1 aromatic carbocycles. The van der Waals surface area contributed by atoms with Crippen molar-refractivity contribution in [2.24, 2.45) is 0 Å². The molecule has 0 aromatic heterocycles. The number of nitrogens with one attached hydrogen (secondary N) is 1. The average molecular weight is 307 g/mol. The fraction of sp³-hybridized carbons (Fsp3) is 0.647. The highest BCUT2D eigenvalue weighted by atomic mass is 32.2. The number of hydrogen-bond donors (Lipinski definition) is 1. The summed E-state index contributed by atoms with van der Waals surface area (Å²) >= 11 is 2.00. The first-order valence-corrected chi connectivity index (χ1v) is 9.25. The van der Waals surface area contributed by atoms with Crippen LogP contribution in [-0.4, -0.2) is 30.8 Å². The molecule has 0 spiro atoms. The molecule has 1 fully saturated rings. The number of rotatable bonds is 4. The highest BCUT2D eigenvalue weighted by Crippen LogP contribution is 2.34. The van der Waals surface area contributed by atoms with E-state index in [0.717, 1.165) is 36.4 Å². The second-order valence-corrected chi connectivity index (χ2v) is 7.03. The Morgan fingerprint density at radius 3 is 2.76 bits per heavy atom. The van der Waals surface area contributed by atoms with Crippen molar-refractivity contribution < 1.29 is 9.47 Å². The molecule has 3 atom stereocenters. The minimum Gasteiger partial charge on any atom is -0.490 e. The standard InChI is InChI=1S/C17H25NO2S/c1-12(18-14-5-3-6-17(14)21-2)13-7-8-15-16(11-13)20-10-4-9-19-15/h7-8,11-12,14,17-18H,3-6,9-10H2,1-2H3.